The highest BCUT2D eigenvalue weighted by molar-refractivity contribution is 7.90. The Morgan fingerprint density at radius 3 is 2.68 bits per heavy atom. The summed E-state index contributed by atoms with van der Waals surface area (Å²) in [6.07, 6.45) is 5.07. The van der Waals surface area contributed by atoms with Crippen LogP contribution in [0.4, 0.5) is 5.69 Å². The Balaban J connectivity index is 1.63. The minimum absolute atomic E-state index is 0.0837. The van der Waals surface area contributed by atoms with Crippen LogP contribution in [0.3, 0.4) is 0 Å². The van der Waals surface area contributed by atoms with E-state index in [0.29, 0.717) is 31.0 Å². The van der Waals surface area contributed by atoms with Crippen molar-refractivity contribution in [2.24, 2.45) is 4.99 Å². The van der Waals surface area contributed by atoms with Gasteiger partial charge in [-0.15, -0.1) is 0 Å². The van der Waals surface area contributed by atoms with E-state index in [1.54, 1.807) is 12.1 Å². The van der Waals surface area contributed by atoms with Crippen LogP contribution in [0.15, 0.2) is 34.2 Å². The van der Waals surface area contributed by atoms with Crippen molar-refractivity contribution >= 4 is 27.5 Å². The van der Waals surface area contributed by atoms with Crippen LogP contribution in [0, 0.1) is 0 Å². The van der Waals surface area contributed by atoms with E-state index in [1.165, 1.54) is 23.5 Å². The number of anilines is 1. The second-order valence-electron chi connectivity index (χ2n) is 6.60. The fourth-order valence-corrected chi connectivity index (χ4v) is 4.37. The number of carbonyl (C=O) groups is 1. The summed E-state index contributed by atoms with van der Waals surface area (Å²) in [5.41, 5.74) is 0.498. The quantitative estimate of drug-likeness (QED) is 0.694. The Bertz CT molecular complexity index is 755. The third-order valence-electron chi connectivity index (χ3n) is 4.53. The number of nitrogens with zero attached hydrogens (tertiary/aromatic N) is 1. The number of quaternary nitrogens is 1. The summed E-state index contributed by atoms with van der Waals surface area (Å²) >= 11 is 0. The molecule has 1 amide bonds. The minimum atomic E-state index is -3.67. The third-order valence-corrected chi connectivity index (χ3v) is 5.90. The van der Waals surface area contributed by atoms with Crippen molar-refractivity contribution in [2.75, 3.05) is 31.5 Å². The van der Waals surface area contributed by atoms with Crippen molar-refractivity contribution in [3.63, 3.8) is 0 Å². The van der Waals surface area contributed by atoms with Gasteiger partial charge in [-0.25, -0.2) is 8.42 Å². The van der Waals surface area contributed by atoms with Crippen LogP contribution >= 0.6 is 0 Å². The van der Waals surface area contributed by atoms with E-state index in [9.17, 15) is 13.2 Å². The third kappa shape index (κ3) is 5.02. The van der Waals surface area contributed by atoms with Crippen molar-refractivity contribution in [1.29, 1.82) is 0 Å². The van der Waals surface area contributed by atoms with Gasteiger partial charge in [-0.1, -0.05) is 6.07 Å². The summed E-state index contributed by atoms with van der Waals surface area (Å²) in [6, 6.07) is 6.34. The molecule has 2 aliphatic rings. The molecule has 2 heterocycles. The van der Waals surface area contributed by atoms with E-state index in [1.807, 2.05) is 0 Å². The Hall–Kier alpha value is -1.93. The predicted molar refractivity (Wildman–Crippen MR) is 96.3 cm³/mol. The van der Waals surface area contributed by atoms with Gasteiger partial charge in [0.05, 0.1) is 18.0 Å². The summed E-state index contributed by atoms with van der Waals surface area (Å²) in [4.78, 5) is 17.8. The lowest BCUT2D eigenvalue weighted by Crippen LogP contribution is -3.13. The SMILES string of the molecule is O=C(C[NH+]1CCCCC1)Nc1cccc(S(=O)(=O)NC2=NCCC2)c1. The number of carbonyl (C=O) groups excluding carboxylic acids is 1. The summed E-state index contributed by atoms with van der Waals surface area (Å²) in [5.74, 6) is 0.419. The summed E-state index contributed by atoms with van der Waals surface area (Å²) in [5, 5.41) is 2.81. The Morgan fingerprint density at radius 1 is 1.16 bits per heavy atom. The van der Waals surface area contributed by atoms with Crippen molar-refractivity contribution in [2.45, 2.75) is 37.0 Å². The number of aliphatic imine (C=N–C) groups is 1. The maximum Gasteiger partial charge on any atom is 0.279 e. The van der Waals surface area contributed by atoms with E-state index in [2.05, 4.69) is 15.0 Å². The predicted octanol–water partition coefficient (Wildman–Crippen LogP) is 0.165. The number of sulfonamides is 1. The molecule has 0 radical (unpaired) electrons. The van der Waals surface area contributed by atoms with Crippen LogP contribution in [-0.4, -0.2) is 46.3 Å². The molecule has 0 saturated carbocycles. The van der Waals surface area contributed by atoms with Crippen LogP contribution in [-0.2, 0) is 14.8 Å². The molecule has 1 saturated heterocycles. The fraction of sp³-hybridized carbons (Fsp3) is 0.529. The van der Waals surface area contributed by atoms with Crippen molar-refractivity contribution in [3.8, 4) is 0 Å². The smallest absolute Gasteiger partial charge is 0.279 e. The molecule has 8 heteroatoms. The maximum absolute atomic E-state index is 12.4. The summed E-state index contributed by atoms with van der Waals surface area (Å²) < 4.78 is 27.4. The molecule has 2 aliphatic heterocycles. The highest BCUT2D eigenvalue weighted by atomic mass is 32.2. The standard InChI is InChI=1S/C17H24N4O3S/c22-17(13-21-10-2-1-3-11-21)19-14-6-4-7-15(12-14)25(23,24)20-16-8-5-9-18-16/h4,6-7,12H,1-3,5,8-11,13H2,(H,18,20)(H,19,22)/p+1. The Kier molecular flexibility index (Phi) is 5.70. The lowest BCUT2D eigenvalue weighted by Gasteiger charge is -2.22. The van der Waals surface area contributed by atoms with Crippen LogP contribution in [0.5, 0.6) is 0 Å². The largest absolute Gasteiger partial charge is 0.327 e. The van der Waals surface area contributed by atoms with E-state index < -0.39 is 10.0 Å². The molecule has 1 aromatic rings. The lowest BCUT2D eigenvalue weighted by molar-refractivity contribution is -0.896. The number of hydrogen-bond acceptors (Lipinski definition) is 4. The van der Waals surface area contributed by atoms with Crippen molar-refractivity contribution in [1.82, 2.24) is 4.72 Å². The number of piperidine rings is 1. The molecule has 0 bridgehead atoms. The van der Waals surface area contributed by atoms with E-state index in [-0.39, 0.29) is 10.8 Å². The van der Waals surface area contributed by atoms with Crippen molar-refractivity contribution < 1.29 is 18.1 Å². The second-order valence-corrected chi connectivity index (χ2v) is 8.28. The number of benzene rings is 1. The zero-order chi connectivity index (χ0) is 17.7. The molecule has 1 aromatic carbocycles. The van der Waals surface area contributed by atoms with Gasteiger partial charge in [0.15, 0.2) is 6.54 Å². The van der Waals surface area contributed by atoms with Gasteiger partial charge in [0, 0.05) is 18.7 Å². The molecule has 0 atom stereocenters. The van der Waals surface area contributed by atoms with Crippen LogP contribution in [0.2, 0.25) is 0 Å². The van der Waals surface area contributed by atoms with Gasteiger partial charge in [-0.3, -0.25) is 14.5 Å². The average molecular weight is 365 g/mol. The molecular weight excluding hydrogens is 340 g/mol. The number of hydrogen-bond donors (Lipinski definition) is 3. The van der Waals surface area contributed by atoms with Gasteiger partial charge < -0.3 is 10.2 Å². The Labute approximate surface area is 148 Å². The molecule has 3 rings (SSSR count). The van der Waals surface area contributed by atoms with Gasteiger partial charge in [0.25, 0.3) is 15.9 Å². The molecule has 136 valence electrons. The lowest BCUT2D eigenvalue weighted by atomic mass is 10.1. The van der Waals surface area contributed by atoms with Gasteiger partial charge in [0.2, 0.25) is 0 Å². The maximum atomic E-state index is 12.4. The highest BCUT2D eigenvalue weighted by Gasteiger charge is 2.20. The summed E-state index contributed by atoms with van der Waals surface area (Å²) in [7, 11) is -3.67. The van der Waals surface area contributed by atoms with Gasteiger partial charge in [0.1, 0.15) is 5.84 Å². The molecule has 1 fully saturated rings. The summed E-state index contributed by atoms with van der Waals surface area (Å²) in [6.45, 7) is 3.13. The first-order chi connectivity index (χ1) is 12.0. The van der Waals surface area contributed by atoms with E-state index in [0.717, 1.165) is 32.4 Å². The fourth-order valence-electron chi connectivity index (χ4n) is 3.24. The molecule has 3 N–H and O–H groups in total. The molecular formula is C17H25N4O3S+. The van der Waals surface area contributed by atoms with Gasteiger partial charge in [-0.05, 0) is 43.9 Å². The molecule has 0 aliphatic carbocycles. The first kappa shape index (κ1) is 17.9. The Morgan fingerprint density at radius 2 is 1.96 bits per heavy atom. The number of likely N-dealkylation sites (tertiary alicyclic amines) is 1. The molecule has 7 nitrogen and oxygen atoms in total. The van der Waals surface area contributed by atoms with Crippen LogP contribution < -0.4 is 14.9 Å². The number of rotatable bonds is 5. The molecule has 25 heavy (non-hydrogen) atoms. The number of amidine groups is 1. The average Bonchev–Trinajstić information content (AvgIpc) is 3.08. The minimum Gasteiger partial charge on any atom is -0.327 e. The van der Waals surface area contributed by atoms with Gasteiger partial charge in [-0.2, -0.15) is 0 Å². The van der Waals surface area contributed by atoms with E-state index >= 15 is 0 Å². The molecule has 0 aromatic heterocycles. The first-order valence-electron chi connectivity index (χ1n) is 8.82. The van der Waals surface area contributed by atoms with Crippen molar-refractivity contribution in [3.05, 3.63) is 24.3 Å². The molecule has 0 unspecified atom stereocenters. The zero-order valence-corrected chi connectivity index (χ0v) is 15.1. The topological polar surface area (TPSA) is 92.1 Å². The molecule has 0 spiro atoms. The zero-order valence-electron chi connectivity index (χ0n) is 14.3. The van der Waals surface area contributed by atoms with E-state index in [4.69, 9.17) is 0 Å². The first-order valence-corrected chi connectivity index (χ1v) is 10.3. The monoisotopic (exact) mass is 365 g/mol. The number of nitrogens with one attached hydrogen (secondary N) is 3. The number of amides is 1. The van der Waals surface area contributed by atoms with Crippen LogP contribution in [0.1, 0.15) is 32.1 Å². The normalized spacial score (nSPS) is 18.6. The van der Waals surface area contributed by atoms with Gasteiger partial charge >= 0.3 is 0 Å². The highest BCUT2D eigenvalue weighted by Crippen LogP contribution is 2.16. The van der Waals surface area contributed by atoms with Crippen LogP contribution in [0.25, 0.3) is 0 Å². The second kappa shape index (κ2) is 7.97.